The fourth-order valence-electron chi connectivity index (χ4n) is 6.81. The summed E-state index contributed by atoms with van der Waals surface area (Å²) in [7, 11) is 0. The molecule has 0 spiro atoms. The van der Waals surface area contributed by atoms with Crippen LogP contribution in [0.2, 0.25) is 12.1 Å². The molecule has 2 unspecified atom stereocenters. The van der Waals surface area contributed by atoms with Gasteiger partial charge in [-0.1, -0.05) is 0 Å². The Bertz CT molecular complexity index is 1130. The summed E-state index contributed by atoms with van der Waals surface area (Å²) in [5, 5.41) is 0. The van der Waals surface area contributed by atoms with Crippen LogP contribution in [0, 0.1) is 0 Å². The van der Waals surface area contributed by atoms with E-state index in [0.717, 1.165) is 20.2 Å². The second-order valence-electron chi connectivity index (χ2n) is 10.4. The summed E-state index contributed by atoms with van der Waals surface area (Å²) < 4.78 is 1.66. The number of allylic oxidation sites excluding steroid dienone is 2. The summed E-state index contributed by atoms with van der Waals surface area (Å²) >= 11 is -2.13. The first kappa shape index (κ1) is 29.1. The molecule has 2 aromatic rings. The molecule has 5 rings (SSSR count). The van der Waals surface area contributed by atoms with E-state index in [4.69, 9.17) is 0 Å². The van der Waals surface area contributed by atoms with Gasteiger partial charge >= 0.3 is 211 Å². The van der Waals surface area contributed by atoms with Gasteiger partial charge in [0.15, 0.2) is 0 Å². The number of halogens is 2. The zero-order valence-corrected chi connectivity index (χ0v) is 28.4. The molecule has 2 atom stereocenters. The molecule has 186 valence electrons. The molecule has 2 aromatic carbocycles. The number of fused-ring (bicyclic) bond motifs is 2. The van der Waals surface area contributed by atoms with Gasteiger partial charge in [0, 0.05) is 0 Å². The Balaban J connectivity index is 0.00000171. The van der Waals surface area contributed by atoms with Crippen molar-refractivity contribution in [1.29, 1.82) is 0 Å². The van der Waals surface area contributed by atoms with Crippen LogP contribution in [0.5, 0.6) is 0 Å². The molecule has 0 saturated carbocycles. The fourth-order valence-corrected chi connectivity index (χ4v) is 43.8. The van der Waals surface area contributed by atoms with E-state index in [2.05, 4.69) is 78.0 Å². The Labute approximate surface area is 234 Å². The van der Waals surface area contributed by atoms with Gasteiger partial charge in [-0.05, 0) is 0 Å². The molecular formula is C31H40Cl2HfSi. The third kappa shape index (κ3) is 4.80. The number of benzene rings is 2. The van der Waals surface area contributed by atoms with Gasteiger partial charge in [0.1, 0.15) is 0 Å². The van der Waals surface area contributed by atoms with Gasteiger partial charge in [-0.3, -0.25) is 0 Å². The molecule has 0 aromatic heterocycles. The molecular weight excluding hydrogens is 650 g/mol. The maximum absolute atomic E-state index is 2.64. The first-order valence-corrected chi connectivity index (χ1v) is 24.9. The van der Waals surface area contributed by atoms with Crippen LogP contribution in [0.15, 0.2) is 35.4 Å². The van der Waals surface area contributed by atoms with E-state index in [1.807, 2.05) is 11.1 Å². The summed E-state index contributed by atoms with van der Waals surface area (Å²) in [4.78, 5) is 0. The van der Waals surface area contributed by atoms with Crippen molar-refractivity contribution >= 4 is 17.6 Å². The summed E-state index contributed by atoms with van der Waals surface area (Å²) in [6, 6.07) is 13.1. The monoisotopic (exact) mass is 690 g/mol. The SMILES string of the molecule is CCc1ccc(CC)c2c1C=C(C)[CH]2[Hf+2]([CH]1C(C)=Cc2c(CC)ccc(CC)c21)=[Si]1CCC1.[Cl-].[Cl-]. The fraction of sp³-hybridized carbons (Fsp3) is 0.484. The Morgan fingerprint density at radius 3 is 1.34 bits per heavy atom. The molecule has 1 aliphatic heterocycles. The minimum Gasteiger partial charge on any atom is -1.00 e. The minimum absolute atomic E-state index is 0. The van der Waals surface area contributed by atoms with Crippen molar-refractivity contribution in [2.24, 2.45) is 0 Å². The Morgan fingerprint density at radius 1 is 0.657 bits per heavy atom. The van der Waals surface area contributed by atoms with E-state index in [1.165, 1.54) is 19.3 Å². The van der Waals surface area contributed by atoms with E-state index in [0.29, 0.717) is 0 Å². The molecule has 0 radical (unpaired) electrons. The van der Waals surface area contributed by atoms with Gasteiger partial charge in [0.25, 0.3) is 0 Å². The zero-order chi connectivity index (χ0) is 23.3. The average Bonchev–Trinajstić information content (AvgIpc) is 3.31. The molecule has 3 aliphatic rings. The number of aryl methyl sites for hydroxylation is 4. The van der Waals surface area contributed by atoms with Crippen LogP contribution in [0.25, 0.3) is 12.2 Å². The second kappa shape index (κ2) is 12.0. The van der Waals surface area contributed by atoms with Crippen LogP contribution in [0.4, 0.5) is 0 Å². The van der Waals surface area contributed by atoms with Crippen LogP contribution in [0.3, 0.4) is 0 Å². The predicted molar refractivity (Wildman–Crippen MR) is 143 cm³/mol. The number of rotatable bonds is 6. The molecule has 0 amide bonds. The second-order valence-corrected chi connectivity index (χ2v) is 32.4. The van der Waals surface area contributed by atoms with Gasteiger partial charge in [-0.15, -0.1) is 0 Å². The summed E-state index contributed by atoms with van der Waals surface area (Å²) in [6.07, 6.45) is 11.5. The van der Waals surface area contributed by atoms with Gasteiger partial charge in [0.05, 0.1) is 0 Å². The van der Waals surface area contributed by atoms with Crippen LogP contribution in [-0.2, 0) is 45.7 Å². The Kier molecular flexibility index (Phi) is 9.97. The molecule has 2 aliphatic carbocycles. The quantitative estimate of drug-likeness (QED) is 0.410. The zero-order valence-electron chi connectivity index (χ0n) is 22.3. The van der Waals surface area contributed by atoms with E-state index >= 15 is 0 Å². The first-order valence-electron chi connectivity index (χ1n) is 13.4. The van der Waals surface area contributed by atoms with Crippen molar-refractivity contribution in [3.8, 4) is 0 Å². The summed E-state index contributed by atoms with van der Waals surface area (Å²) in [5.74, 6) is 0. The van der Waals surface area contributed by atoms with Crippen molar-refractivity contribution in [2.45, 2.75) is 93.1 Å². The van der Waals surface area contributed by atoms with E-state index in [1.54, 1.807) is 56.6 Å². The molecule has 1 fully saturated rings. The van der Waals surface area contributed by atoms with Crippen molar-refractivity contribution < 1.29 is 44.9 Å². The topological polar surface area (TPSA) is 0 Å². The average molecular weight is 690 g/mol. The van der Waals surface area contributed by atoms with Gasteiger partial charge in [-0.25, -0.2) is 0 Å². The van der Waals surface area contributed by atoms with Crippen molar-refractivity contribution in [2.75, 3.05) is 0 Å². The van der Waals surface area contributed by atoms with Gasteiger partial charge < -0.3 is 24.8 Å². The molecule has 35 heavy (non-hydrogen) atoms. The molecule has 0 bridgehead atoms. The molecule has 0 N–H and O–H groups in total. The standard InChI is InChI=1S/2C14H17.C3H6Si.2ClH.Hf/c2*1-4-11-6-7-12(5-2)14-9-10(3)8-13(11)14;1-2-4-3-1;;;/h2*6-9H,4-5H2,1-3H3;1-3H2;2*1H;/q;;;;;+2/p-2. The van der Waals surface area contributed by atoms with Crippen molar-refractivity contribution in [1.82, 2.24) is 0 Å². The Hall–Kier alpha value is -0.413. The van der Waals surface area contributed by atoms with E-state index < -0.39 is 20.1 Å². The molecule has 0 nitrogen and oxygen atoms in total. The summed E-state index contributed by atoms with van der Waals surface area (Å²) in [6.45, 7) is 14.5. The normalized spacial score (nSPS) is 19.4. The number of hydrogen-bond acceptors (Lipinski definition) is 0. The van der Waals surface area contributed by atoms with E-state index in [9.17, 15) is 0 Å². The van der Waals surface area contributed by atoms with Crippen LogP contribution < -0.4 is 24.8 Å². The number of hydrogen-bond donors (Lipinski definition) is 0. The Morgan fingerprint density at radius 2 is 1.03 bits per heavy atom. The van der Waals surface area contributed by atoms with Crippen molar-refractivity contribution in [3.63, 3.8) is 0 Å². The van der Waals surface area contributed by atoms with Crippen LogP contribution in [-0.4, -0.2) is 5.49 Å². The predicted octanol–water partition coefficient (Wildman–Crippen LogP) is 2.57. The third-order valence-electron chi connectivity index (χ3n) is 8.68. The van der Waals surface area contributed by atoms with Crippen LogP contribution in [0.1, 0.15) is 99.8 Å². The van der Waals surface area contributed by atoms with Crippen LogP contribution >= 0.6 is 0 Å². The van der Waals surface area contributed by atoms with Gasteiger partial charge in [-0.2, -0.15) is 0 Å². The molecule has 1 saturated heterocycles. The maximum Gasteiger partial charge on any atom is -1.00 e. The molecule has 1 heterocycles. The first-order chi connectivity index (χ1) is 16.0. The minimum atomic E-state index is -2.13. The van der Waals surface area contributed by atoms with E-state index in [-0.39, 0.29) is 30.3 Å². The molecule has 4 heteroatoms. The van der Waals surface area contributed by atoms with Gasteiger partial charge in [0.2, 0.25) is 0 Å². The van der Waals surface area contributed by atoms with Crippen molar-refractivity contribution in [3.05, 3.63) is 79.9 Å². The maximum atomic E-state index is 2.64. The third-order valence-corrected chi connectivity index (χ3v) is 40.1. The summed E-state index contributed by atoms with van der Waals surface area (Å²) in [5.41, 5.74) is 16.7. The smallest absolute Gasteiger partial charge is 1.00 e. The largest absolute Gasteiger partial charge is 1.00 e.